The van der Waals surface area contributed by atoms with E-state index in [4.69, 9.17) is 0 Å². The van der Waals surface area contributed by atoms with Gasteiger partial charge in [0.15, 0.2) is 0 Å². The molecule has 0 aromatic carbocycles. The van der Waals surface area contributed by atoms with Crippen LogP contribution in [0, 0.1) is 0 Å². The lowest BCUT2D eigenvalue weighted by atomic mass is 10.3. The molecule has 1 fully saturated rings. The largest absolute Gasteiger partial charge is 0.305 e. The highest BCUT2D eigenvalue weighted by molar-refractivity contribution is 7.80. The Bertz CT molecular complexity index is 59.5. The molecule has 0 aliphatic heterocycles. The first kappa shape index (κ1) is 6.43. The third-order valence-electron chi connectivity index (χ3n) is 1.74. The first-order chi connectivity index (χ1) is 3.93. The van der Waals surface area contributed by atoms with Crippen LogP contribution in [0.2, 0.25) is 0 Å². The van der Waals surface area contributed by atoms with E-state index >= 15 is 0 Å². The van der Waals surface area contributed by atoms with E-state index in [1.54, 1.807) is 0 Å². The Hall–Kier alpha value is 0.310. The van der Waals surface area contributed by atoms with E-state index in [1.807, 2.05) is 0 Å². The number of thiol groups is 1. The molecule has 0 heterocycles. The minimum absolute atomic E-state index is 0.785. The van der Waals surface area contributed by atoms with Crippen LogP contribution in [-0.2, 0) is 0 Å². The van der Waals surface area contributed by atoms with Crippen molar-refractivity contribution in [1.29, 1.82) is 0 Å². The summed E-state index contributed by atoms with van der Waals surface area (Å²) in [7, 11) is 0. The summed E-state index contributed by atoms with van der Waals surface area (Å²) in [5.41, 5.74) is 0. The zero-order chi connectivity index (χ0) is 5.82. The molecule has 0 bridgehead atoms. The van der Waals surface area contributed by atoms with E-state index in [9.17, 15) is 0 Å². The van der Waals surface area contributed by atoms with Crippen LogP contribution in [-0.4, -0.2) is 11.9 Å². The average Bonchev–Trinajstić information content (AvgIpc) is 2.19. The van der Waals surface area contributed by atoms with Gasteiger partial charge in [0.25, 0.3) is 0 Å². The summed E-state index contributed by atoms with van der Waals surface area (Å²) in [5.74, 6) is 0.838. The third-order valence-corrected chi connectivity index (χ3v) is 1.92. The first-order valence-corrected chi connectivity index (χ1v) is 3.91. The Kier molecular flexibility index (Phi) is 2.70. The van der Waals surface area contributed by atoms with Crippen LogP contribution in [0.1, 0.15) is 25.7 Å². The summed E-state index contributed by atoms with van der Waals surface area (Å²) in [6, 6.07) is 0.785. The number of nitrogens with one attached hydrogen (secondary N) is 1. The van der Waals surface area contributed by atoms with E-state index < -0.39 is 0 Å². The second kappa shape index (κ2) is 3.36. The summed E-state index contributed by atoms with van der Waals surface area (Å²) in [6.07, 6.45) is 5.54. The molecule has 0 unspecified atom stereocenters. The Morgan fingerprint density at radius 3 is 2.50 bits per heavy atom. The average molecular weight is 131 g/mol. The van der Waals surface area contributed by atoms with Crippen molar-refractivity contribution in [1.82, 2.24) is 5.32 Å². The smallest absolute Gasteiger partial charge is 0.0389 e. The Balaban J connectivity index is 2.06. The molecule has 0 atom stereocenters. The lowest BCUT2D eigenvalue weighted by molar-refractivity contribution is 0.573. The molecule has 1 rings (SSSR count). The van der Waals surface area contributed by atoms with Crippen LogP contribution in [0.3, 0.4) is 0 Å². The quantitative estimate of drug-likeness (QED) is 0.426. The summed E-state index contributed by atoms with van der Waals surface area (Å²) >= 11 is 4.08. The predicted octanol–water partition coefficient (Wildman–Crippen LogP) is 1.41. The molecule has 1 aliphatic carbocycles. The monoisotopic (exact) mass is 131 g/mol. The van der Waals surface area contributed by atoms with Gasteiger partial charge in [0, 0.05) is 11.9 Å². The molecule has 0 amide bonds. The fourth-order valence-corrected chi connectivity index (χ4v) is 1.52. The van der Waals surface area contributed by atoms with E-state index in [0.717, 1.165) is 11.9 Å². The van der Waals surface area contributed by atoms with Crippen LogP contribution in [0.15, 0.2) is 0 Å². The third kappa shape index (κ3) is 1.67. The number of rotatable bonds is 2. The number of hydrogen-bond acceptors (Lipinski definition) is 2. The summed E-state index contributed by atoms with van der Waals surface area (Å²) < 4.78 is 0. The molecule has 2 heteroatoms. The lowest BCUT2D eigenvalue weighted by Gasteiger charge is -2.06. The van der Waals surface area contributed by atoms with Crippen LogP contribution < -0.4 is 5.32 Å². The van der Waals surface area contributed by atoms with Gasteiger partial charge in [-0.2, -0.15) is 12.6 Å². The van der Waals surface area contributed by atoms with Crippen LogP contribution in [0.5, 0.6) is 0 Å². The molecule has 0 spiro atoms. The molecule has 0 aromatic heterocycles. The highest BCUT2D eigenvalue weighted by Gasteiger charge is 2.12. The van der Waals surface area contributed by atoms with Crippen molar-refractivity contribution in [2.75, 3.05) is 5.88 Å². The maximum atomic E-state index is 4.08. The fourth-order valence-electron chi connectivity index (χ4n) is 1.26. The summed E-state index contributed by atoms with van der Waals surface area (Å²) in [6.45, 7) is 0. The molecule has 8 heavy (non-hydrogen) atoms. The number of hydrogen-bond donors (Lipinski definition) is 2. The fraction of sp³-hybridized carbons (Fsp3) is 1.00. The lowest BCUT2D eigenvalue weighted by Crippen LogP contribution is -2.24. The zero-order valence-corrected chi connectivity index (χ0v) is 5.95. The Labute approximate surface area is 56.3 Å². The molecule has 1 N–H and O–H groups in total. The van der Waals surface area contributed by atoms with E-state index in [1.165, 1.54) is 25.7 Å². The zero-order valence-electron chi connectivity index (χ0n) is 5.06. The van der Waals surface area contributed by atoms with Gasteiger partial charge in [-0.15, -0.1) is 0 Å². The van der Waals surface area contributed by atoms with E-state index in [2.05, 4.69) is 17.9 Å². The molecule has 1 saturated carbocycles. The molecule has 0 aromatic rings. The SMILES string of the molecule is SCNC1CCCC1. The molecule has 0 saturated heterocycles. The molecular formula is C6H13NS. The van der Waals surface area contributed by atoms with Gasteiger partial charge in [0.05, 0.1) is 0 Å². The molecule has 1 nitrogen and oxygen atoms in total. The van der Waals surface area contributed by atoms with E-state index in [0.29, 0.717) is 0 Å². The van der Waals surface area contributed by atoms with Gasteiger partial charge in [-0.25, -0.2) is 0 Å². The van der Waals surface area contributed by atoms with Crippen molar-refractivity contribution in [3.8, 4) is 0 Å². The van der Waals surface area contributed by atoms with Gasteiger partial charge in [0.1, 0.15) is 0 Å². The van der Waals surface area contributed by atoms with Crippen molar-refractivity contribution in [3.63, 3.8) is 0 Å². The topological polar surface area (TPSA) is 12.0 Å². The van der Waals surface area contributed by atoms with Gasteiger partial charge in [-0.3, -0.25) is 0 Å². The van der Waals surface area contributed by atoms with Gasteiger partial charge < -0.3 is 5.32 Å². The summed E-state index contributed by atoms with van der Waals surface area (Å²) in [5, 5.41) is 3.31. The van der Waals surface area contributed by atoms with Crippen molar-refractivity contribution >= 4 is 12.6 Å². The van der Waals surface area contributed by atoms with Gasteiger partial charge >= 0.3 is 0 Å². The van der Waals surface area contributed by atoms with Gasteiger partial charge in [-0.1, -0.05) is 12.8 Å². The predicted molar refractivity (Wildman–Crippen MR) is 39.2 cm³/mol. The highest BCUT2D eigenvalue weighted by atomic mass is 32.1. The molecule has 48 valence electrons. The second-order valence-electron chi connectivity index (χ2n) is 2.34. The van der Waals surface area contributed by atoms with Crippen LogP contribution in [0.4, 0.5) is 0 Å². The summed E-state index contributed by atoms with van der Waals surface area (Å²) in [4.78, 5) is 0. The van der Waals surface area contributed by atoms with Gasteiger partial charge in [-0.05, 0) is 12.8 Å². The maximum Gasteiger partial charge on any atom is 0.0389 e. The molecular weight excluding hydrogens is 118 g/mol. The molecule has 1 aliphatic rings. The molecule has 0 radical (unpaired) electrons. The van der Waals surface area contributed by atoms with E-state index in [-0.39, 0.29) is 0 Å². The van der Waals surface area contributed by atoms with Crippen LogP contribution >= 0.6 is 12.6 Å². The highest BCUT2D eigenvalue weighted by Crippen LogP contribution is 2.17. The van der Waals surface area contributed by atoms with Crippen molar-refractivity contribution in [3.05, 3.63) is 0 Å². The van der Waals surface area contributed by atoms with Crippen molar-refractivity contribution < 1.29 is 0 Å². The van der Waals surface area contributed by atoms with Gasteiger partial charge in [0.2, 0.25) is 0 Å². The second-order valence-corrected chi connectivity index (χ2v) is 2.66. The first-order valence-electron chi connectivity index (χ1n) is 3.27. The minimum atomic E-state index is 0.785. The standard InChI is InChI=1S/C6H13NS/c8-5-7-6-3-1-2-4-6/h6-8H,1-5H2. The Morgan fingerprint density at radius 1 is 1.38 bits per heavy atom. The maximum absolute atomic E-state index is 4.08. The van der Waals surface area contributed by atoms with Crippen molar-refractivity contribution in [2.24, 2.45) is 0 Å². The normalized spacial score (nSPS) is 22.1. The minimum Gasteiger partial charge on any atom is -0.305 e. The van der Waals surface area contributed by atoms with Crippen LogP contribution in [0.25, 0.3) is 0 Å². The van der Waals surface area contributed by atoms with Crippen molar-refractivity contribution in [2.45, 2.75) is 31.7 Å². The Morgan fingerprint density at radius 2 is 2.00 bits per heavy atom.